The number of hydrogen-bond acceptors (Lipinski definition) is 2. The minimum Gasteiger partial charge on any atom is -0.236 e. The van der Waals surface area contributed by atoms with Gasteiger partial charge in [0.1, 0.15) is 5.15 Å². The molecule has 0 spiro atoms. The second-order valence-electron chi connectivity index (χ2n) is 3.65. The number of aromatic nitrogens is 1. The molecule has 0 unspecified atom stereocenters. The van der Waals surface area contributed by atoms with Crippen LogP contribution < -0.4 is 0 Å². The van der Waals surface area contributed by atoms with Crippen LogP contribution in [0.3, 0.4) is 0 Å². The van der Waals surface area contributed by atoms with Crippen LogP contribution >= 0.6 is 34.8 Å². The third-order valence-corrected chi connectivity index (χ3v) is 3.29. The lowest BCUT2D eigenvalue weighted by Crippen LogP contribution is -1.89. The molecule has 0 bridgehead atoms. The first kappa shape index (κ1) is 13.2. The highest BCUT2D eigenvalue weighted by Gasteiger charge is 2.06. The van der Waals surface area contributed by atoms with Gasteiger partial charge in [-0.1, -0.05) is 40.9 Å². The molecular weight excluding hydrogens is 291 g/mol. The topological polar surface area (TPSA) is 36.7 Å². The predicted molar refractivity (Wildman–Crippen MR) is 74.0 cm³/mol. The van der Waals surface area contributed by atoms with Crippen molar-refractivity contribution in [3.63, 3.8) is 0 Å². The number of benzene rings is 1. The third-order valence-electron chi connectivity index (χ3n) is 2.35. The molecule has 18 heavy (non-hydrogen) atoms. The average molecular weight is 298 g/mol. The zero-order valence-electron chi connectivity index (χ0n) is 9.12. The SMILES string of the molecule is N#CCc1cc(Cl)nc(-c2ccc(Cl)c(Cl)c2)c1. The minimum absolute atomic E-state index is 0.288. The molecular formula is C13H7Cl3N2. The maximum atomic E-state index is 8.70. The van der Waals surface area contributed by atoms with Crippen molar-refractivity contribution in [2.75, 3.05) is 0 Å². The molecule has 0 fully saturated rings. The van der Waals surface area contributed by atoms with Gasteiger partial charge in [0.15, 0.2) is 0 Å². The fourth-order valence-electron chi connectivity index (χ4n) is 1.55. The van der Waals surface area contributed by atoms with Gasteiger partial charge in [0.05, 0.1) is 28.2 Å². The van der Waals surface area contributed by atoms with Crippen LogP contribution in [-0.2, 0) is 6.42 Å². The van der Waals surface area contributed by atoms with Crippen LogP contribution in [0.1, 0.15) is 5.56 Å². The van der Waals surface area contributed by atoms with Gasteiger partial charge >= 0.3 is 0 Å². The maximum absolute atomic E-state index is 8.70. The molecule has 0 radical (unpaired) electrons. The quantitative estimate of drug-likeness (QED) is 0.748. The Morgan fingerprint density at radius 1 is 1.06 bits per heavy atom. The first-order valence-corrected chi connectivity index (χ1v) is 6.22. The molecule has 0 aliphatic heterocycles. The van der Waals surface area contributed by atoms with Crippen molar-refractivity contribution in [3.05, 3.63) is 51.1 Å². The van der Waals surface area contributed by atoms with Crippen LogP contribution in [0.15, 0.2) is 30.3 Å². The summed E-state index contributed by atoms with van der Waals surface area (Å²) in [6.07, 6.45) is 0.288. The van der Waals surface area contributed by atoms with Crippen molar-refractivity contribution in [1.29, 1.82) is 5.26 Å². The van der Waals surface area contributed by atoms with E-state index in [1.54, 1.807) is 18.2 Å². The third kappa shape index (κ3) is 2.94. The molecule has 90 valence electrons. The first-order valence-electron chi connectivity index (χ1n) is 5.09. The zero-order valence-corrected chi connectivity index (χ0v) is 11.4. The summed E-state index contributed by atoms with van der Waals surface area (Å²) in [5.74, 6) is 0. The van der Waals surface area contributed by atoms with E-state index < -0.39 is 0 Å². The van der Waals surface area contributed by atoms with E-state index in [0.29, 0.717) is 20.9 Å². The van der Waals surface area contributed by atoms with E-state index in [0.717, 1.165) is 11.1 Å². The number of rotatable bonds is 2. The largest absolute Gasteiger partial charge is 0.236 e. The first-order chi connectivity index (χ1) is 8.60. The van der Waals surface area contributed by atoms with Gasteiger partial charge in [0.2, 0.25) is 0 Å². The molecule has 0 amide bonds. The van der Waals surface area contributed by atoms with Gasteiger partial charge in [-0.25, -0.2) is 4.98 Å². The molecule has 1 aromatic heterocycles. The van der Waals surface area contributed by atoms with Gasteiger partial charge in [-0.05, 0) is 29.8 Å². The van der Waals surface area contributed by atoms with Crippen molar-refractivity contribution in [2.24, 2.45) is 0 Å². The predicted octanol–water partition coefficient (Wildman–Crippen LogP) is 4.77. The smallest absolute Gasteiger partial charge is 0.130 e. The van der Waals surface area contributed by atoms with Crippen LogP contribution in [0.25, 0.3) is 11.3 Å². The molecule has 0 aliphatic carbocycles. The average Bonchev–Trinajstić information content (AvgIpc) is 2.32. The Balaban J connectivity index is 2.50. The van der Waals surface area contributed by atoms with Gasteiger partial charge in [0, 0.05) is 5.56 Å². The molecule has 0 aliphatic rings. The molecule has 0 saturated heterocycles. The maximum Gasteiger partial charge on any atom is 0.130 e. The Bertz CT molecular complexity index is 633. The Morgan fingerprint density at radius 3 is 2.50 bits per heavy atom. The normalized spacial score (nSPS) is 10.1. The number of pyridine rings is 1. The highest BCUT2D eigenvalue weighted by atomic mass is 35.5. The summed E-state index contributed by atoms with van der Waals surface area (Å²) in [4.78, 5) is 4.21. The molecule has 2 nitrogen and oxygen atoms in total. The van der Waals surface area contributed by atoms with Crippen LogP contribution in [0.4, 0.5) is 0 Å². The highest BCUT2D eigenvalue weighted by molar-refractivity contribution is 6.42. The van der Waals surface area contributed by atoms with Crippen LogP contribution in [-0.4, -0.2) is 4.98 Å². The van der Waals surface area contributed by atoms with E-state index in [-0.39, 0.29) is 6.42 Å². The number of halogens is 3. The molecule has 5 heteroatoms. The van der Waals surface area contributed by atoms with Crippen molar-refractivity contribution >= 4 is 34.8 Å². The summed E-state index contributed by atoms with van der Waals surface area (Å²) >= 11 is 17.7. The summed E-state index contributed by atoms with van der Waals surface area (Å²) in [5.41, 5.74) is 2.30. The molecule has 0 atom stereocenters. The lowest BCUT2D eigenvalue weighted by molar-refractivity contribution is 1.21. The minimum atomic E-state index is 0.288. The number of nitrogens with zero attached hydrogens (tertiary/aromatic N) is 2. The molecule has 0 saturated carbocycles. The molecule has 2 aromatic rings. The number of hydrogen-bond donors (Lipinski definition) is 0. The van der Waals surface area contributed by atoms with Gasteiger partial charge in [-0.15, -0.1) is 0 Å². The molecule has 1 heterocycles. The van der Waals surface area contributed by atoms with Crippen LogP contribution in [0.2, 0.25) is 15.2 Å². The fourth-order valence-corrected chi connectivity index (χ4v) is 2.08. The molecule has 0 N–H and O–H groups in total. The summed E-state index contributed by atoms with van der Waals surface area (Å²) in [5, 5.41) is 9.99. The van der Waals surface area contributed by atoms with E-state index in [1.165, 1.54) is 0 Å². The van der Waals surface area contributed by atoms with Gasteiger partial charge in [-0.2, -0.15) is 5.26 Å². The summed E-state index contributed by atoms with van der Waals surface area (Å²) in [7, 11) is 0. The summed E-state index contributed by atoms with van der Waals surface area (Å²) in [6, 6.07) is 10.8. The standard InChI is InChI=1S/C13H7Cl3N2/c14-10-2-1-9(7-11(10)15)12-5-8(3-4-17)6-13(16)18-12/h1-2,5-7H,3H2. The van der Waals surface area contributed by atoms with E-state index in [1.807, 2.05) is 12.1 Å². The van der Waals surface area contributed by atoms with Crippen molar-refractivity contribution in [1.82, 2.24) is 4.98 Å². The van der Waals surface area contributed by atoms with Gasteiger partial charge in [-0.3, -0.25) is 0 Å². The fraction of sp³-hybridized carbons (Fsp3) is 0.0769. The summed E-state index contributed by atoms with van der Waals surface area (Å²) in [6.45, 7) is 0. The van der Waals surface area contributed by atoms with E-state index in [2.05, 4.69) is 11.1 Å². The Morgan fingerprint density at radius 2 is 1.83 bits per heavy atom. The number of nitriles is 1. The lowest BCUT2D eigenvalue weighted by Gasteiger charge is -2.05. The summed E-state index contributed by atoms with van der Waals surface area (Å²) < 4.78 is 0. The van der Waals surface area contributed by atoms with Gasteiger partial charge in [0.25, 0.3) is 0 Å². The zero-order chi connectivity index (χ0) is 13.1. The Hall–Kier alpha value is -1.27. The molecule has 2 rings (SSSR count). The van der Waals surface area contributed by atoms with Crippen LogP contribution in [0, 0.1) is 11.3 Å². The Labute approximate surface area is 120 Å². The van der Waals surface area contributed by atoms with Crippen LogP contribution in [0.5, 0.6) is 0 Å². The monoisotopic (exact) mass is 296 g/mol. The second-order valence-corrected chi connectivity index (χ2v) is 4.85. The van der Waals surface area contributed by atoms with E-state index >= 15 is 0 Å². The lowest BCUT2D eigenvalue weighted by atomic mass is 10.1. The van der Waals surface area contributed by atoms with E-state index in [4.69, 9.17) is 40.1 Å². The highest BCUT2D eigenvalue weighted by Crippen LogP contribution is 2.28. The van der Waals surface area contributed by atoms with Gasteiger partial charge < -0.3 is 0 Å². The molecule has 1 aromatic carbocycles. The van der Waals surface area contributed by atoms with Crippen molar-refractivity contribution in [2.45, 2.75) is 6.42 Å². The Kier molecular flexibility index (Phi) is 4.08. The second kappa shape index (κ2) is 5.58. The van der Waals surface area contributed by atoms with Crippen molar-refractivity contribution < 1.29 is 0 Å². The van der Waals surface area contributed by atoms with E-state index in [9.17, 15) is 0 Å². The van der Waals surface area contributed by atoms with Crippen molar-refractivity contribution in [3.8, 4) is 17.3 Å².